The predicted octanol–water partition coefficient (Wildman–Crippen LogP) is 1.96. The zero-order chi connectivity index (χ0) is 13.4. The van der Waals surface area contributed by atoms with Crippen LogP contribution < -0.4 is 9.80 Å². The van der Waals surface area contributed by atoms with E-state index in [1.165, 1.54) is 0 Å². The van der Waals surface area contributed by atoms with Gasteiger partial charge in [0, 0.05) is 13.6 Å². The number of rotatable bonds is 2. The van der Waals surface area contributed by atoms with Gasteiger partial charge in [0.05, 0.1) is 6.20 Å². The van der Waals surface area contributed by atoms with Gasteiger partial charge in [-0.2, -0.15) is 4.98 Å². The smallest absolute Gasteiger partial charge is 0.249 e. The van der Waals surface area contributed by atoms with Crippen molar-refractivity contribution in [1.82, 2.24) is 9.97 Å². The number of anilines is 2. The van der Waals surface area contributed by atoms with Crippen molar-refractivity contribution in [2.24, 2.45) is 5.92 Å². The highest BCUT2D eigenvalue weighted by Crippen LogP contribution is 2.33. The standard InChI is InChI=1S/C12H17ClN4O/c1-7(2)6-17-8(3)11(18)16(4)9-5-14-12(13)15-10(9)17/h5,7-8H,6H2,1-4H3. The van der Waals surface area contributed by atoms with E-state index in [4.69, 9.17) is 11.6 Å². The van der Waals surface area contributed by atoms with Crippen LogP contribution in [-0.4, -0.2) is 35.5 Å². The third-order valence-electron chi connectivity index (χ3n) is 3.07. The molecule has 0 aliphatic carbocycles. The second-order valence-electron chi connectivity index (χ2n) is 4.97. The van der Waals surface area contributed by atoms with Gasteiger partial charge in [0.25, 0.3) is 0 Å². The molecule has 1 aliphatic heterocycles. The summed E-state index contributed by atoms with van der Waals surface area (Å²) in [6, 6.07) is -0.226. The molecule has 0 radical (unpaired) electrons. The first kappa shape index (κ1) is 13.1. The maximum atomic E-state index is 12.2. The summed E-state index contributed by atoms with van der Waals surface area (Å²) in [6.07, 6.45) is 1.60. The SMILES string of the molecule is CC(C)CN1c2nc(Cl)ncc2N(C)C(=O)C1C. The van der Waals surface area contributed by atoms with Crippen LogP contribution in [0.4, 0.5) is 11.5 Å². The summed E-state index contributed by atoms with van der Waals surface area (Å²) in [5.74, 6) is 1.22. The fourth-order valence-corrected chi connectivity index (χ4v) is 2.28. The topological polar surface area (TPSA) is 49.3 Å². The first-order valence-electron chi connectivity index (χ1n) is 5.98. The number of carbonyl (C=O) groups excluding carboxylic acids is 1. The van der Waals surface area contributed by atoms with Crippen LogP contribution in [0.1, 0.15) is 20.8 Å². The molecule has 2 rings (SSSR count). The Balaban J connectivity index is 2.50. The largest absolute Gasteiger partial charge is 0.343 e. The van der Waals surface area contributed by atoms with Crippen molar-refractivity contribution in [2.75, 3.05) is 23.4 Å². The Morgan fingerprint density at radius 1 is 1.50 bits per heavy atom. The van der Waals surface area contributed by atoms with Crippen LogP contribution in [0.25, 0.3) is 0 Å². The van der Waals surface area contributed by atoms with E-state index in [1.807, 2.05) is 11.8 Å². The molecule has 1 unspecified atom stereocenters. The van der Waals surface area contributed by atoms with E-state index in [2.05, 4.69) is 23.8 Å². The molecule has 98 valence electrons. The average Bonchev–Trinajstić information content (AvgIpc) is 2.31. The van der Waals surface area contributed by atoms with Gasteiger partial charge < -0.3 is 9.80 Å². The number of hydrogen-bond donors (Lipinski definition) is 0. The summed E-state index contributed by atoms with van der Waals surface area (Å²) in [7, 11) is 1.74. The molecule has 0 saturated heterocycles. The minimum Gasteiger partial charge on any atom is -0.343 e. The van der Waals surface area contributed by atoms with Gasteiger partial charge in [-0.3, -0.25) is 4.79 Å². The van der Waals surface area contributed by atoms with Gasteiger partial charge in [-0.25, -0.2) is 4.98 Å². The van der Waals surface area contributed by atoms with E-state index < -0.39 is 0 Å². The van der Waals surface area contributed by atoms with Crippen molar-refractivity contribution < 1.29 is 4.79 Å². The van der Waals surface area contributed by atoms with Crippen LogP contribution in [-0.2, 0) is 4.79 Å². The fourth-order valence-electron chi connectivity index (χ4n) is 2.15. The Kier molecular flexibility index (Phi) is 3.43. The van der Waals surface area contributed by atoms with Crippen LogP contribution in [0.3, 0.4) is 0 Å². The van der Waals surface area contributed by atoms with Crippen molar-refractivity contribution in [3.8, 4) is 0 Å². The summed E-state index contributed by atoms with van der Waals surface area (Å²) >= 11 is 5.86. The molecule has 2 heterocycles. The molecular weight excluding hydrogens is 252 g/mol. The molecule has 1 aromatic heterocycles. The number of amides is 1. The number of aromatic nitrogens is 2. The predicted molar refractivity (Wildman–Crippen MR) is 72.1 cm³/mol. The Morgan fingerprint density at radius 2 is 2.17 bits per heavy atom. The van der Waals surface area contributed by atoms with Crippen LogP contribution in [0.2, 0.25) is 5.28 Å². The van der Waals surface area contributed by atoms with Crippen LogP contribution in [0.15, 0.2) is 6.20 Å². The first-order valence-corrected chi connectivity index (χ1v) is 6.36. The Bertz CT molecular complexity index is 477. The molecule has 1 amide bonds. The second-order valence-corrected chi connectivity index (χ2v) is 5.31. The quantitative estimate of drug-likeness (QED) is 0.770. The van der Waals surface area contributed by atoms with E-state index in [0.29, 0.717) is 11.6 Å². The van der Waals surface area contributed by atoms with Crippen molar-refractivity contribution in [2.45, 2.75) is 26.8 Å². The highest BCUT2D eigenvalue weighted by Gasteiger charge is 2.35. The van der Waals surface area contributed by atoms with Crippen molar-refractivity contribution in [3.05, 3.63) is 11.5 Å². The zero-order valence-electron chi connectivity index (χ0n) is 11.0. The third kappa shape index (κ3) is 2.14. The molecule has 1 aromatic rings. The molecule has 6 heteroatoms. The Labute approximate surface area is 112 Å². The average molecular weight is 269 g/mol. The maximum absolute atomic E-state index is 12.2. The molecule has 0 saturated carbocycles. The normalized spacial score (nSPS) is 19.4. The molecule has 0 bridgehead atoms. The highest BCUT2D eigenvalue weighted by molar-refractivity contribution is 6.28. The van der Waals surface area contributed by atoms with Gasteiger partial charge in [0.1, 0.15) is 11.7 Å². The first-order chi connectivity index (χ1) is 8.41. The fraction of sp³-hybridized carbons (Fsp3) is 0.583. The molecule has 0 aromatic carbocycles. The maximum Gasteiger partial charge on any atom is 0.249 e. The van der Waals surface area contributed by atoms with Crippen LogP contribution >= 0.6 is 11.6 Å². The molecule has 0 fully saturated rings. The summed E-state index contributed by atoms with van der Waals surface area (Å²) in [6.45, 7) is 6.87. The van der Waals surface area contributed by atoms with Gasteiger partial charge in [-0.05, 0) is 24.4 Å². The lowest BCUT2D eigenvalue weighted by atomic mass is 10.1. The minimum atomic E-state index is -0.226. The van der Waals surface area contributed by atoms with Gasteiger partial charge in [-0.1, -0.05) is 13.8 Å². The lowest BCUT2D eigenvalue weighted by molar-refractivity contribution is -0.119. The molecule has 0 spiro atoms. The molecule has 1 atom stereocenters. The molecule has 0 N–H and O–H groups in total. The molecule has 1 aliphatic rings. The molecular formula is C12H17ClN4O. The lowest BCUT2D eigenvalue weighted by Gasteiger charge is -2.39. The summed E-state index contributed by atoms with van der Waals surface area (Å²) in [5.41, 5.74) is 0.711. The number of halogens is 1. The minimum absolute atomic E-state index is 0.0501. The molecule has 18 heavy (non-hydrogen) atoms. The van der Waals surface area contributed by atoms with Crippen LogP contribution in [0, 0.1) is 5.92 Å². The summed E-state index contributed by atoms with van der Waals surface area (Å²) in [5, 5.41) is 0.206. The van der Waals surface area contributed by atoms with Gasteiger partial charge in [0.2, 0.25) is 11.2 Å². The number of likely N-dealkylation sites (N-methyl/N-ethyl adjacent to an activating group) is 1. The zero-order valence-corrected chi connectivity index (χ0v) is 11.8. The second kappa shape index (κ2) is 4.72. The number of fused-ring (bicyclic) bond motifs is 1. The van der Waals surface area contributed by atoms with E-state index in [9.17, 15) is 4.79 Å². The van der Waals surface area contributed by atoms with Crippen molar-refractivity contribution in [3.63, 3.8) is 0 Å². The lowest BCUT2D eigenvalue weighted by Crippen LogP contribution is -2.52. The highest BCUT2D eigenvalue weighted by atomic mass is 35.5. The van der Waals surface area contributed by atoms with E-state index in [-0.39, 0.29) is 17.2 Å². The van der Waals surface area contributed by atoms with Crippen molar-refractivity contribution in [1.29, 1.82) is 0 Å². The third-order valence-corrected chi connectivity index (χ3v) is 3.25. The van der Waals surface area contributed by atoms with Gasteiger partial charge >= 0.3 is 0 Å². The number of hydrogen-bond acceptors (Lipinski definition) is 4. The Hall–Kier alpha value is -1.36. The summed E-state index contributed by atoms with van der Waals surface area (Å²) < 4.78 is 0. The van der Waals surface area contributed by atoms with Crippen molar-refractivity contribution >= 4 is 29.0 Å². The van der Waals surface area contributed by atoms with Gasteiger partial charge in [0.15, 0.2) is 5.82 Å². The number of carbonyl (C=O) groups is 1. The van der Waals surface area contributed by atoms with Gasteiger partial charge in [-0.15, -0.1) is 0 Å². The Morgan fingerprint density at radius 3 is 2.78 bits per heavy atom. The van der Waals surface area contributed by atoms with Crippen LogP contribution in [0.5, 0.6) is 0 Å². The molecule has 5 nitrogen and oxygen atoms in total. The monoisotopic (exact) mass is 268 g/mol. The summed E-state index contributed by atoms with van der Waals surface area (Å²) in [4.78, 5) is 24.0. The van der Waals surface area contributed by atoms with E-state index in [1.54, 1.807) is 18.1 Å². The van der Waals surface area contributed by atoms with E-state index >= 15 is 0 Å². The number of nitrogens with zero attached hydrogens (tertiary/aromatic N) is 4. The van der Waals surface area contributed by atoms with E-state index in [0.717, 1.165) is 12.4 Å².